The molecule has 1 amide bonds. The summed E-state index contributed by atoms with van der Waals surface area (Å²) in [5, 5.41) is 4.05. The lowest BCUT2D eigenvalue weighted by atomic mass is 9.85. The van der Waals surface area contributed by atoms with Gasteiger partial charge >= 0.3 is 6.18 Å². The second kappa shape index (κ2) is 7.56. The van der Waals surface area contributed by atoms with E-state index in [1.165, 1.54) is 11.3 Å². The summed E-state index contributed by atoms with van der Waals surface area (Å²) in [6.45, 7) is 1.73. The third kappa shape index (κ3) is 4.38. The molecule has 1 aromatic carbocycles. The zero-order valence-electron chi connectivity index (χ0n) is 14.1. The third-order valence-electron chi connectivity index (χ3n) is 4.57. The van der Waals surface area contributed by atoms with Crippen molar-refractivity contribution in [2.45, 2.75) is 44.8 Å². The first kappa shape index (κ1) is 19.2. The fourth-order valence-electron chi connectivity index (χ4n) is 3.19. The number of benzene rings is 1. The maximum Gasteiger partial charge on any atom is 0.391 e. The van der Waals surface area contributed by atoms with Crippen molar-refractivity contribution < 1.29 is 18.0 Å². The Morgan fingerprint density at radius 1 is 1.27 bits per heavy atom. The monoisotopic (exact) mass is 402 g/mol. The average Bonchev–Trinajstić information content (AvgIpc) is 2.97. The molecule has 1 saturated carbocycles. The quantitative estimate of drug-likeness (QED) is 0.723. The van der Waals surface area contributed by atoms with Gasteiger partial charge in [-0.05, 0) is 38.3 Å². The number of halogens is 4. The van der Waals surface area contributed by atoms with Gasteiger partial charge in [-0.2, -0.15) is 13.2 Å². The Balaban J connectivity index is 1.71. The lowest BCUT2D eigenvalue weighted by Crippen LogP contribution is -2.41. The normalized spacial score (nSPS) is 20.8. The molecule has 8 heteroatoms. The molecule has 1 N–H and O–H groups in total. The van der Waals surface area contributed by atoms with Crippen LogP contribution in [0.5, 0.6) is 0 Å². The number of nitrogens with zero attached hydrogens (tertiary/aromatic N) is 1. The van der Waals surface area contributed by atoms with Crippen molar-refractivity contribution in [3.8, 4) is 10.6 Å². The van der Waals surface area contributed by atoms with Gasteiger partial charge in [-0.15, -0.1) is 11.3 Å². The number of nitrogens with one attached hydrogen (secondary N) is 1. The molecule has 2 atom stereocenters. The number of aromatic nitrogens is 1. The molecule has 0 saturated heterocycles. The van der Waals surface area contributed by atoms with Gasteiger partial charge in [0.25, 0.3) is 5.91 Å². The van der Waals surface area contributed by atoms with Gasteiger partial charge in [0.2, 0.25) is 0 Å². The van der Waals surface area contributed by atoms with Crippen molar-refractivity contribution >= 4 is 28.8 Å². The fourth-order valence-corrected chi connectivity index (χ4v) is 4.29. The van der Waals surface area contributed by atoms with E-state index >= 15 is 0 Å². The molecular weight excluding hydrogens is 385 g/mol. The Morgan fingerprint density at radius 2 is 1.96 bits per heavy atom. The highest BCUT2D eigenvalue weighted by molar-refractivity contribution is 7.17. The lowest BCUT2D eigenvalue weighted by Gasteiger charge is -2.30. The van der Waals surface area contributed by atoms with Crippen molar-refractivity contribution in [1.29, 1.82) is 0 Å². The first-order valence-corrected chi connectivity index (χ1v) is 9.54. The average molecular weight is 403 g/mol. The minimum atomic E-state index is -4.20. The first-order valence-electron chi connectivity index (χ1n) is 8.35. The van der Waals surface area contributed by atoms with Crippen LogP contribution in [0.1, 0.15) is 41.0 Å². The summed E-state index contributed by atoms with van der Waals surface area (Å²) < 4.78 is 38.8. The molecule has 0 radical (unpaired) electrons. The molecule has 0 spiro atoms. The van der Waals surface area contributed by atoms with E-state index in [1.807, 2.05) is 12.1 Å². The van der Waals surface area contributed by atoms with Crippen LogP contribution >= 0.6 is 22.9 Å². The summed E-state index contributed by atoms with van der Waals surface area (Å²) in [5.41, 5.74) is 1.41. The smallest absolute Gasteiger partial charge is 0.349 e. The molecule has 1 heterocycles. The molecule has 0 bridgehead atoms. The predicted octanol–water partition coefficient (Wildman–Crippen LogP) is 5.62. The van der Waals surface area contributed by atoms with Crippen LogP contribution in [0, 0.1) is 12.8 Å². The molecule has 140 valence electrons. The summed E-state index contributed by atoms with van der Waals surface area (Å²) >= 11 is 7.11. The highest BCUT2D eigenvalue weighted by Crippen LogP contribution is 2.38. The topological polar surface area (TPSA) is 42.0 Å². The third-order valence-corrected chi connectivity index (χ3v) is 6.02. The van der Waals surface area contributed by atoms with Crippen molar-refractivity contribution in [2.24, 2.45) is 5.92 Å². The Labute approximate surface area is 158 Å². The van der Waals surface area contributed by atoms with E-state index < -0.39 is 18.1 Å². The molecule has 1 aliphatic rings. The van der Waals surface area contributed by atoms with E-state index in [0.717, 1.165) is 5.56 Å². The molecule has 0 aliphatic heterocycles. The minimum Gasteiger partial charge on any atom is -0.349 e. The zero-order chi connectivity index (χ0) is 18.9. The molecule has 26 heavy (non-hydrogen) atoms. The second-order valence-corrected chi connectivity index (χ2v) is 7.95. The van der Waals surface area contributed by atoms with E-state index in [9.17, 15) is 18.0 Å². The van der Waals surface area contributed by atoms with Crippen LogP contribution in [-0.2, 0) is 0 Å². The van der Waals surface area contributed by atoms with Gasteiger partial charge in [-0.1, -0.05) is 30.2 Å². The van der Waals surface area contributed by atoms with Crippen molar-refractivity contribution in [3.05, 3.63) is 39.9 Å². The van der Waals surface area contributed by atoms with E-state index in [0.29, 0.717) is 33.4 Å². The standard InChI is InChI=1S/C18H18ClF3N2OS/c1-10-15(26-17(23-10)11-5-7-13(19)8-6-11)16(25)24-14-4-2-3-12(9-14)18(20,21)22/h5-8,12,14H,2-4,9H2,1H3,(H,24,25). The number of hydrogen-bond acceptors (Lipinski definition) is 3. The maximum absolute atomic E-state index is 12.9. The van der Waals surface area contributed by atoms with Crippen molar-refractivity contribution in [1.82, 2.24) is 10.3 Å². The SMILES string of the molecule is Cc1nc(-c2ccc(Cl)cc2)sc1C(=O)NC1CCCC(C(F)(F)F)C1. The van der Waals surface area contributed by atoms with Gasteiger partial charge in [0.05, 0.1) is 11.6 Å². The number of thiazole rings is 1. The number of carbonyl (C=O) groups is 1. The zero-order valence-corrected chi connectivity index (χ0v) is 15.6. The molecule has 2 unspecified atom stereocenters. The number of rotatable bonds is 3. The number of aryl methyl sites for hydroxylation is 1. The Bertz CT molecular complexity index is 789. The molecule has 1 aliphatic carbocycles. The van der Waals surface area contributed by atoms with Crippen molar-refractivity contribution in [3.63, 3.8) is 0 Å². The highest BCUT2D eigenvalue weighted by atomic mass is 35.5. The Hall–Kier alpha value is -1.60. The van der Waals surface area contributed by atoms with E-state index in [4.69, 9.17) is 11.6 Å². The van der Waals surface area contributed by atoms with Gasteiger partial charge < -0.3 is 5.32 Å². The Kier molecular flexibility index (Phi) is 5.58. The Morgan fingerprint density at radius 3 is 2.62 bits per heavy atom. The summed E-state index contributed by atoms with van der Waals surface area (Å²) in [7, 11) is 0. The van der Waals surface area contributed by atoms with Gasteiger partial charge in [0.1, 0.15) is 9.88 Å². The fraction of sp³-hybridized carbons (Fsp3) is 0.444. The highest BCUT2D eigenvalue weighted by Gasteiger charge is 2.42. The summed E-state index contributed by atoms with van der Waals surface area (Å²) in [5.74, 6) is -1.69. The maximum atomic E-state index is 12.9. The molecule has 1 aromatic heterocycles. The molecule has 3 rings (SSSR count). The summed E-state index contributed by atoms with van der Waals surface area (Å²) in [4.78, 5) is 17.4. The largest absolute Gasteiger partial charge is 0.391 e. The van der Waals surface area contributed by atoms with E-state index in [-0.39, 0.29) is 18.7 Å². The number of carbonyl (C=O) groups excluding carboxylic acids is 1. The first-order chi connectivity index (χ1) is 12.2. The molecule has 3 nitrogen and oxygen atoms in total. The lowest BCUT2D eigenvalue weighted by molar-refractivity contribution is -0.183. The summed E-state index contributed by atoms with van der Waals surface area (Å²) in [6, 6.07) is 6.66. The van der Waals surface area contributed by atoms with Crippen LogP contribution in [0.4, 0.5) is 13.2 Å². The number of alkyl halides is 3. The second-order valence-electron chi connectivity index (χ2n) is 6.52. The number of hydrogen-bond donors (Lipinski definition) is 1. The van der Waals surface area contributed by atoms with Crippen LogP contribution in [0.2, 0.25) is 5.02 Å². The predicted molar refractivity (Wildman–Crippen MR) is 96.6 cm³/mol. The van der Waals surface area contributed by atoms with Crippen LogP contribution in [0.15, 0.2) is 24.3 Å². The van der Waals surface area contributed by atoms with E-state index in [2.05, 4.69) is 10.3 Å². The van der Waals surface area contributed by atoms with Crippen molar-refractivity contribution in [2.75, 3.05) is 0 Å². The van der Waals surface area contributed by atoms with Crippen LogP contribution < -0.4 is 5.32 Å². The van der Waals surface area contributed by atoms with Gasteiger partial charge in [0, 0.05) is 16.6 Å². The van der Waals surface area contributed by atoms with Gasteiger partial charge in [-0.25, -0.2) is 4.98 Å². The van der Waals surface area contributed by atoms with Crippen LogP contribution in [0.3, 0.4) is 0 Å². The van der Waals surface area contributed by atoms with Crippen LogP contribution in [-0.4, -0.2) is 23.1 Å². The minimum absolute atomic E-state index is 0.0584. The molecule has 1 fully saturated rings. The van der Waals surface area contributed by atoms with Crippen LogP contribution in [0.25, 0.3) is 10.6 Å². The van der Waals surface area contributed by atoms with E-state index in [1.54, 1.807) is 19.1 Å². The molecule has 2 aromatic rings. The number of amides is 1. The van der Waals surface area contributed by atoms with Gasteiger partial charge in [-0.3, -0.25) is 4.79 Å². The summed E-state index contributed by atoms with van der Waals surface area (Å²) in [6.07, 6.45) is -3.09. The molecular formula is C18H18ClF3N2OS. The van der Waals surface area contributed by atoms with Gasteiger partial charge in [0.15, 0.2) is 0 Å².